The molecule has 0 saturated heterocycles. The lowest BCUT2D eigenvalue weighted by Gasteiger charge is -2.14. The third-order valence-electron chi connectivity index (χ3n) is 2.29. The number of rotatable bonds is 2. The molecule has 0 radical (unpaired) electrons. The van der Waals surface area contributed by atoms with E-state index in [0.29, 0.717) is 6.07 Å². The Kier molecular flexibility index (Phi) is 3.93. The van der Waals surface area contributed by atoms with Crippen molar-refractivity contribution in [3.8, 4) is 6.07 Å². The van der Waals surface area contributed by atoms with Crippen molar-refractivity contribution in [3.05, 3.63) is 34.4 Å². The number of nitriles is 1. The molecular weight excluding hydrogens is 251 g/mol. The van der Waals surface area contributed by atoms with Gasteiger partial charge in [-0.05, 0) is 12.1 Å². The Morgan fingerprint density at radius 1 is 1.50 bits per heavy atom. The van der Waals surface area contributed by atoms with E-state index < -0.39 is 35.4 Å². The van der Waals surface area contributed by atoms with Crippen molar-refractivity contribution in [2.24, 2.45) is 0 Å². The van der Waals surface area contributed by atoms with E-state index in [1.807, 2.05) is 0 Å². The van der Waals surface area contributed by atoms with E-state index in [9.17, 15) is 18.0 Å². The second-order valence-electron chi connectivity index (χ2n) is 3.27. The van der Waals surface area contributed by atoms with Gasteiger partial charge in [0.1, 0.15) is 6.07 Å². The number of nitrogens with zero attached hydrogens (tertiary/aromatic N) is 1. The number of aliphatic hydroxyl groups is 1. The summed E-state index contributed by atoms with van der Waals surface area (Å²) >= 11 is 0. The van der Waals surface area contributed by atoms with Crippen LogP contribution in [0.5, 0.6) is 0 Å². The smallest absolute Gasteiger partial charge is 0.416 e. The maximum Gasteiger partial charge on any atom is 0.416 e. The predicted octanol–water partition coefficient (Wildman–Crippen LogP) is 1.86. The molecule has 0 saturated carbocycles. The van der Waals surface area contributed by atoms with Crippen molar-refractivity contribution >= 4 is 5.97 Å². The SMILES string of the molecule is COC(=O)c1ccc(C(F)(F)F)c(CO)c1C#N. The largest absolute Gasteiger partial charge is 0.465 e. The number of hydrogen-bond donors (Lipinski definition) is 1. The molecule has 0 aromatic heterocycles. The number of halogens is 3. The number of methoxy groups -OCH3 is 1. The number of alkyl halides is 3. The monoisotopic (exact) mass is 259 g/mol. The van der Waals surface area contributed by atoms with Crippen molar-refractivity contribution in [1.29, 1.82) is 5.26 Å². The first kappa shape index (κ1) is 14.0. The highest BCUT2D eigenvalue weighted by Crippen LogP contribution is 2.34. The maximum absolute atomic E-state index is 12.6. The molecule has 0 bridgehead atoms. The Morgan fingerprint density at radius 3 is 2.50 bits per heavy atom. The molecule has 0 unspecified atom stereocenters. The van der Waals surface area contributed by atoms with E-state index in [1.54, 1.807) is 0 Å². The van der Waals surface area contributed by atoms with Gasteiger partial charge in [-0.25, -0.2) is 4.79 Å². The fourth-order valence-electron chi connectivity index (χ4n) is 1.49. The molecule has 0 aliphatic heterocycles. The standard InChI is InChI=1S/C11H8F3NO3/c1-18-10(17)6-2-3-9(11(12,13)14)8(5-16)7(6)4-15/h2-3,16H,5H2,1H3. The van der Waals surface area contributed by atoms with Gasteiger partial charge in [-0.2, -0.15) is 18.4 Å². The first-order valence-electron chi connectivity index (χ1n) is 4.69. The molecule has 4 nitrogen and oxygen atoms in total. The zero-order valence-electron chi connectivity index (χ0n) is 9.21. The highest BCUT2D eigenvalue weighted by molar-refractivity contribution is 5.92. The van der Waals surface area contributed by atoms with Gasteiger partial charge in [0.15, 0.2) is 0 Å². The molecule has 1 rings (SSSR count). The molecule has 1 aromatic carbocycles. The summed E-state index contributed by atoms with van der Waals surface area (Å²) in [5.74, 6) is -0.935. The van der Waals surface area contributed by atoms with Crippen molar-refractivity contribution in [2.45, 2.75) is 12.8 Å². The number of carbonyl (C=O) groups is 1. The number of aliphatic hydroxyl groups excluding tert-OH is 1. The van der Waals surface area contributed by atoms with E-state index in [0.717, 1.165) is 13.2 Å². The Balaban J connectivity index is 3.58. The summed E-state index contributed by atoms with van der Waals surface area (Å²) < 4.78 is 42.2. The van der Waals surface area contributed by atoms with Crippen LogP contribution in [0.25, 0.3) is 0 Å². The average molecular weight is 259 g/mol. The van der Waals surface area contributed by atoms with Crippen LogP contribution in [0.2, 0.25) is 0 Å². The lowest BCUT2D eigenvalue weighted by molar-refractivity contribution is -0.138. The van der Waals surface area contributed by atoms with Crippen LogP contribution in [0.3, 0.4) is 0 Å². The van der Waals surface area contributed by atoms with Crippen LogP contribution in [0.4, 0.5) is 13.2 Å². The van der Waals surface area contributed by atoms with Crippen LogP contribution < -0.4 is 0 Å². The van der Waals surface area contributed by atoms with Crippen LogP contribution in [0, 0.1) is 11.3 Å². The minimum absolute atomic E-state index is 0.308. The first-order chi connectivity index (χ1) is 8.36. The van der Waals surface area contributed by atoms with E-state index >= 15 is 0 Å². The second-order valence-corrected chi connectivity index (χ2v) is 3.27. The van der Waals surface area contributed by atoms with Gasteiger partial charge < -0.3 is 9.84 Å². The molecule has 0 atom stereocenters. The number of hydrogen-bond acceptors (Lipinski definition) is 4. The zero-order chi connectivity index (χ0) is 13.9. The Bertz CT molecular complexity index is 517. The summed E-state index contributed by atoms with van der Waals surface area (Å²) in [7, 11) is 1.04. The van der Waals surface area contributed by atoms with Gasteiger partial charge in [-0.15, -0.1) is 0 Å². The third-order valence-corrected chi connectivity index (χ3v) is 2.29. The van der Waals surface area contributed by atoms with E-state index in [4.69, 9.17) is 10.4 Å². The third kappa shape index (κ3) is 2.43. The molecule has 0 amide bonds. The second kappa shape index (κ2) is 5.06. The van der Waals surface area contributed by atoms with Crippen molar-refractivity contribution in [3.63, 3.8) is 0 Å². The quantitative estimate of drug-likeness (QED) is 0.823. The molecule has 0 fully saturated rings. The number of esters is 1. The predicted molar refractivity (Wildman–Crippen MR) is 53.4 cm³/mol. The van der Waals surface area contributed by atoms with E-state index in [-0.39, 0.29) is 5.56 Å². The molecule has 96 valence electrons. The fraction of sp³-hybridized carbons (Fsp3) is 0.273. The van der Waals surface area contributed by atoms with Crippen LogP contribution in [0.1, 0.15) is 27.0 Å². The van der Waals surface area contributed by atoms with Gasteiger partial charge >= 0.3 is 12.1 Å². The first-order valence-corrected chi connectivity index (χ1v) is 4.69. The Labute approximate surface area is 100 Å². The van der Waals surface area contributed by atoms with Crippen molar-refractivity contribution < 1.29 is 27.8 Å². The Hall–Kier alpha value is -2.07. The molecule has 0 aliphatic rings. The average Bonchev–Trinajstić information content (AvgIpc) is 2.34. The van der Waals surface area contributed by atoms with Gasteiger partial charge in [0.05, 0.1) is 30.4 Å². The molecule has 1 N–H and O–H groups in total. The number of carbonyl (C=O) groups excluding carboxylic acids is 1. The molecule has 1 aromatic rings. The summed E-state index contributed by atoms with van der Waals surface area (Å²) in [4.78, 5) is 11.3. The minimum Gasteiger partial charge on any atom is -0.465 e. The molecular formula is C11H8F3NO3. The van der Waals surface area contributed by atoms with Gasteiger partial charge in [0.25, 0.3) is 0 Å². The summed E-state index contributed by atoms with van der Waals surface area (Å²) in [6.45, 7) is -0.997. The molecule has 18 heavy (non-hydrogen) atoms. The number of benzene rings is 1. The van der Waals surface area contributed by atoms with Crippen LogP contribution in [0.15, 0.2) is 12.1 Å². The number of ether oxygens (including phenoxy) is 1. The van der Waals surface area contributed by atoms with Gasteiger partial charge in [-0.1, -0.05) is 0 Å². The summed E-state index contributed by atoms with van der Waals surface area (Å²) in [6.07, 6.45) is -4.71. The van der Waals surface area contributed by atoms with Crippen molar-refractivity contribution in [2.75, 3.05) is 7.11 Å². The van der Waals surface area contributed by atoms with Gasteiger partial charge in [0.2, 0.25) is 0 Å². The van der Waals surface area contributed by atoms with E-state index in [2.05, 4.69) is 4.74 Å². The van der Waals surface area contributed by atoms with Crippen LogP contribution in [-0.2, 0) is 17.5 Å². The molecule has 0 heterocycles. The molecule has 0 aliphatic carbocycles. The molecule has 0 spiro atoms. The van der Waals surface area contributed by atoms with Gasteiger partial charge in [-0.3, -0.25) is 0 Å². The zero-order valence-corrected chi connectivity index (χ0v) is 9.21. The topological polar surface area (TPSA) is 70.3 Å². The Morgan fingerprint density at radius 2 is 2.11 bits per heavy atom. The van der Waals surface area contributed by atoms with Gasteiger partial charge in [0, 0.05) is 5.56 Å². The van der Waals surface area contributed by atoms with Crippen LogP contribution >= 0.6 is 0 Å². The normalized spacial score (nSPS) is 10.9. The summed E-state index contributed by atoms with van der Waals surface area (Å²) in [5.41, 5.74) is -2.61. The minimum atomic E-state index is -4.71. The maximum atomic E-state index is 12.6. The lowest BCUT2D eigenvalue weighted by atomic mass is 9.96. The molecule has 7 heteroatoms. The lowest BCUT2D eigenvalue weighted by Crippen LogP contribution is -2.14. The van der Waals surface area contributed by atoms with Crippen LogP contribution in [-0.4, -0.2) is 18.2 Å². The van der Waals surface area contributed by atoms with E-state index in [1.165, 1.54) is 6.07 Å². The highest BCUT2D eigenvalue weighted by atomic mass is 19.4. The summed E-state index contributed by atoms with van der Waals surface area (Å²) in [5, 5.41) is 17.8. The fourth-order valence-corrected chi connectivity index (χ4v) is 1.49. The van der Waals surface area contributed by atoms with Crippen molar-refractivity contribution in [1.82, 2.24) is 0 Å². The summed E-state index contributed by atoms with van der Waals surface area (Å²) in [6, 6.07) is 2.97. The highest BCUT2D eigenvalue weighted by Gasteiger charge is 2.35.